The lowest BCUT2D eigenvalue weighted by Gasteiger charge is -2.17. The van der Waals surface area contributed by atoms with E-state index in [0.29, 0.717) is 38.9 Å². The predicted molar refractivity (Wildman–Crippen MR) is 119 cm³/mol. The van der Waals surface area contributed by atoms with Crippen LogP contribution in [0.3, 0.4) is 0 Å². The summed E-state index contributed by atoms with van der Waals surface area (Å²) in [5.41, 5.74) is 1.99. The van der Waals surface area contributed by atoms with Crippen LogP contribution >= 0.6 is 27.5 Å². The predicted octanol–water partition coefficient (Wildman–Crippen LogP) is 6.14. The second-order valence-corrected chi connectivity index (χ2v) is 7.80. The van der Waals surface area contributed by atoms with Gasteiger partial charge in [0.2, 0.25) is 0 Å². The van der Waals surface area contributed by atoms with Crippen LogP contribution in [0, 0.1) is 18.3 Å². The lowest BCUT2D eigenvalue weighted by Crippen LogP contribution is -2.14. The second-order valence-electron chi connectivity index (χ2n) is 6.51. The molecule has 0 heterocycles. The molecule has 2 aromatic rings. The zero-order chi connectivity index (χ0) is 21.6. The Kier molecular flexibility index (Phi) is 8.12. The summed E-state index contributed by atoms with van der Waals surface area (Å²) in [6, 6.07) is 10.6. The first kappa shape index (κ1) is 22.8. The zero-order valence-corrected chi connectivity index (χ0v) is 19.0. The summed E-state index contributed by atoms with van der Waals surface area (Å²) in [6.07, 6.45) is 1.47. The fourth-order valence-corrected chi connectivity index (χ4v) is 3.24. The summed E-state index contributed by atoms with van der Waals surface area (Å²) in [6.45, 7) is 8.02. The minimum atomic E-state index is -0.519. The summed E-state index contributed by atoms with van der Waals surface area (Å²) in [7, 11) is 0. The fraction of sp³-hybridized carbons (Fsp3) is 0.273. The highest BCUT2D eigenvalue weighted by Crippen LogP contribution is 2.38. The molecular formula is C22H22BrClN2O3. The minimum Gasteiger partial charge on any atom is -0.490 e. The van der Waals surface area contributed by atoms with E-state index in [2.05, 4.69) is 21.2 Å². The van der Waals surface area contributed by atoms with Gasteiger partial charge in [0.25, 0.3) is 5.91 Å². The van der Waals surface area contributed by atoms with Crippen LogP contribution < -0.4 is 14.8 Å². The topological polar surface area (TPSA) is 71.3 Å². The number of hydrogen-bond donors (Lipinski definition) is 1. The summed E-state index contributed by atoms with van der Waals surface area (Å²) in [4.78, 5) is 12.6. The van der Waals surface area contributed by atoms with Gasteiger partial charge in [-0.1, -0.05) is 17.7 Å². The minimum absolute atomic E-state index is 0.0340. The van der Waals surface area contributed by atoms with Gasteiger partial charge in [-0.2, -0.15) is 5.26 Å². The molecule has 0 saturated carbocycles. The van der Waals surface area contributed by atoms with Gasteiger partial charge in [0.05, 0.1) is 17.2 Å². The number of nitrogens with zero attached hydrogens (tertiary/aromatic N) is 1. The molecular weight excluding hydrogens is 456 g/mol. The standard InChI is InChI=1S/C22H22BrClN2O3/c1-5-28-20-10-15(9-18(23)21(20)29-13(2)3)8-16(12-25)22(27)26-19-11-17(24)7-6-14(19)4/h6-11,13H,5H2,1-4H3,(H,26,27)/b16-8+. The van der Waals surface area contributed by atoms with Gasteiger partial charge >= 0.3 is 0 Å². The van der Waals surface area contributed by atoms with Crippen LogP contribution in [-0.4, -0.2) is 18.6 Å². The van der Waals surface area contributed by atoms with Crippen molar-refractivity contribution in [2.24, 2.45) is 0 Å². The van der Waals surface area contributed by atoms with Crippen molar-refractivity contribution in [3.05, 3.63) is 56.5 Å². The van der Waals surface area contributed by atoms with E-state index >= 15 is 0 Å². The van der Waals surface area contributed by atoms with Gasteiger partial charge in [-0.3, -0.25) is 4.79 Å². The Balaban J connectivity index is 2.37. The van der Waals surface area contributed by atoms with Gasteiger partial charge in [-0.05, 0) is 85.1 Å². The maximum atomic E-state index is 12.6. The van der Waals surface area contributed by atoms with Gasteiger partial charge in [0.15, 0.2) is 11.5 Å². The molecule has 0 saturated heterocycles. The highest BCUT2D eigenvalue weighted by atomic mass is 79.9. The summed E-state index contributed by atoms with van der Waals surface area (Å²) in [5.74, 6) is 0.594. The van der Waals surface area contributed by atoms with Crippen molar-refractivity contribution in [3.63, 3.8) is 0 Å². The highest BCUT2D eigenvalue weighted by Gasteiger charge is 2.16. The van der Waals surface area contributed by atoms with Gasteiger partial charge in [-0.25, -0.2) is 0 Å². The largest absolute Gasteiger partial charge is 0.490 e. The Hall–Kier alpha value is -2.49. The molecule has 0 unspecified atom stereocenters. The summed E-state index contributed by atoms with van der Waals surface area (Å²) >= 11 is 9.48. The molecule has 2 aromatic carbocycles. The van der Waals surface area contributed by atoms with Crippen molar-refractivity contribution >= 4 is 45.2 Å². The first-order chi connectivity index (χ1) is 13.7. The van der Waals surface area contributed by atoms with Crippen molar-refractivity contribution in [1.29, 1.82) is 5.26 Å². The average Bonchev–Trinajstić information content (AvgIpc) is 2.65. The van der Waals surface area contributed by atoms with Crippen molar-refractivity contribution in [1.82, 2.24) is 0 Å². The third-order valence-electron chi connectivity index (χ3n) is 3.81. The quantitative estimate of drug-likeness (QED) is 0.384. The number of aryl methyl sites for hydroxylation is 1. The van der Waals surface area contributed by atoms with E-state index in [1.807, 2.05) is 33.8 Å². The maximum absolute atomic E-state index is 12.6. The molecule has 0 aromatic heterocycles. The molecule has 1 N–H and O–H groups in total. The number of ether oxygens (including phenoxy) is 2. The number of hydrogen-bond acceptors (Lipinski definition) is 4. The third kappa shape index (κ3) is 6.25. The van der Waals surface area contributed by atoms with Crippen LogP contribution in [0.2, 0.25) is 5.02 Å². The molecule has 1 amide bonds. The number of amides is 1. The number of nitriles is 1. The molecule has 0 spiro atoms. The van der Waals surface area contributed by atoms with Gasteiger partial charge in [0.1, 0.15) is 11.6 Å². The van der Waals surface area contributed by atoms with E-state index < -0.39 is 5.91 Å². The number of anilines is 1. The SMILES string of the molecule is CCOc1cc(/C=C(\C#N)C(=O)Nc2cc(Cl)ccc2C)cc(Br)c1OC(C)C. The van der Waals surface area contributed by atoms with Gasteiger partial charge in [0, 0.05) is 10.7 Å². The molecule has 0 radical (unpaired) electrons. The molecule has 29 heavy (non-hydrogen) atoms. The number of carbonyl (C=O) groups excluding carboxylic acids is 1. The van der Waals surface area contributed by atoms with Crippen molar-refractivity contribution < 1.29 is 14.3 Å². The van der Waals surface area contributed by atoms with E-state index in [1.165, 1.54) is 6.08 Å². The Labute approximate surface area is 184 Å². The van der Waals surface area contributed by atoms with Crippen LogP contribution in [-0.2, 0) is 4.79 Å². The zero-order valence-electron chi connectivity index (χ0n) is 16.7. The summed E-state index contributed by atoms with van der Waals surface area (Å²) in [5, 5.41) is 12.7. The lowest BCUT2D eigenvalue weighted by atomic mass is 10.1. The number of carbonyl (C=O) groups is 1. The Morgan fingerprint density at radius 1 is 1.34 bits per heavy atom. The molecule has 0 aliphatic heterocycles. The Bertz CT molecular complexity index is 981. The molecule has 7 heteroatoms. The van der Waals surface area contributed by atoms with Crippen LogP contribution in [0.25, 0.3) is 6.08 Å². The van der Waals surface area contributed by atoms with Crippen LogP contribution in [0.5, 0.6) is 11.5 Å². The number of benzene rings is 2. The second kappa shape index (κ2) is 10.3. The fourth-order valence-electron chi connectivity index (χ4n) is 2.52. The monoisotopic (exact) mass is 476 g/mol. The van der Waals surface area contributed by atoms with E-state index in [9.17, 15) is 10.1 Å². The smallest absolute Gasteiger partial charge is 0.266 e. The van der Waals surface area contributed by atoms with Crippen LogP contribution in [0.15, 0.2) is 40.4 Å². The molecule has 0 aliphatic carbocycles. The maximum Gasteiger partial charge on any atom is 0.266 e. The van der Waals surface area contributed by atoms with Crippen LogP contribution in [0.4, 0.5) is 5.69 Å². The number of nitrogens with one attached hydrogen (secondary N) is 1. The molecule has 5 nitrogen and oxygen atoms in total. The van der Waals surface area contributed by atoms with E-state index in [-0.39, 0.29) is 11.7 Å². The van der Waals surface area contributed by atoms with E-state index in [4.69, 9.17) is 21.1 Å². The molecule has 0 aliphatic rings. The average molecular weight is 478 g/mol. The van der Waals surface area contributed by atoms with Gasteiger partial charge in [-0.15, -0.1) is 0 Å². The highest BCUT2D eigenvalue weighted by molar-refractivity contribution is 9.10. The van der Waals surface area contributed by atoms with Gasteiger partial charge < -0.3 is 14.8 Å². The number of halogens is 2. The third-order valence-corrected chi connectivity index (χ3v) is 4.63. The van der Waals surface area contributed by atoms with Crippen LogP contribution in [0.1, 0.15) is 31.9 Å². The van der Waals surface area contributed by atoms with Crippen molar-refractivity contribution in [2.45, 2.75) is 33.8 Å². The Morgan fingerprint density at radius 3 is 2.69 bits per heavy atom. The molecule has 0 fully saturated rings. The van der Waals surface area contributed by atoms with E-state index in [1.54, 1.807) is 30.3 Å². The summed E-state index contributed by atoms with van der Waals surface area (Å²) < 4.78 is 12.2. The first-order valence-electron chi connectivity index (χ1n) is 9.07. The lowest BCUT2D eigenvalue weighted by molar-refractivity contribution is -0.112. The molecule has 0 bridgehead atoms. The number of rotatable bonds is 7. The van der Waals surface area contributed by atoms with E-state index in [0.717, 1.165) is 5.56 Å². The first-order valence-corrected chi connectivity index (χ1v) is 10.2. The normalized spacial score (nSPS) is 11.2. The molecule has 152 valence electrons. The Morgan fingerprint density at radius 2 is 2.07 bits per heavy atom. The molecule has 0 atom stereocenters. The molecule has 2 rings (SSSR count). The van der Waals surface area contributed by atoms with Crippen molar-refractivity contribution in [2.75, 3.05) is 11.9 Å². The van der Waals surface area contributed by atoms with Crippen molar-refractivity contribution in [3.8, 4) is 17.6 Å².